The van der Waals surface area contributed by atoms with Gasteiger partial charge in [-0.3, -0.25) is 4.79 Å². The van der Waals surface area contributed by atoms with Crippen LogP contribution in [-0.4, -0.2) is 11.9 Å². The molecule has 2 rings (SSSR count). The van der Waals surface area contributed by atoms with Crippen molar-refractivity contribution < 1.29 is 14.3 Å². The number of carbonyl (C=O) groups excluding carboxylic acids is 2. The Bertz CT molecular complexity index is 743. The third kappa shape index (κ3) is 5.39. The standard InChI is InChI=1S/C20H21NO3/c1-14-9-15(2)11-18(10-14)13-24-20(23)19(21-16(3)22)12-17-7-5-4-6-8-17/h4-12H,13H2,1-3H3,(H,21,22)/b19-12-. The summed E-state index contributed by atoms with van der Waals surface area (Å²) in [6.07, 6.45) is 1.60. The first-order chi connectivity index (χ1) is 11.4. The molecule has 0 saturated heterocycles. The molecule has 0 heterocycles. The number of carbonyl (C=O) groups is 2. The molecule has 0 atom stereocenters. The summed E-state index contributed by atoms with van der Waals surface area (Å²) < 4.78 is 5.35. The number of ether oxygens (including phenoxy) is 1. The molecule has 1 amide bonds. The lowest BCUT2D eigenvalue weighted by Crippen LogP contribution is -2.26. The average molecular weight is 323 g/mol. The van der Waals surface area contributed by atoms with Gasteiger partial charge in [-0.1, -0.05) is 59.7 Å². The smallest absolute Gasteiger partial charge is 0.355 e. The van der Waals surface area contributed by atoms with Gasteiger partial charge in [0, 0.05) is 6.92 Å². The van der Waals surface area contributed by atoms with Gasteiger partial charge in [0.1, 0.15) is 12.3 Å². The van der Waals surface area contributed by atoms with E-state index in [0.29, 0.717) is 0 Å². The lowest BCUT2D eigenvalue weighted by atomic mass is 10.1. The van der Waals surface area contributed by atoms with E-state index in [2.05, 4.69) is 11.4 Å². The molecule has 4 nitrogen and oxygen atoms in total. The zero-order valence-electron chi connectivity index (χ0n) is 14.1. The first-order valence-corrected chi connectivity index (χ1v) is 7.72. The molecule has 2 aromatic carbocycles. The zero-order chi connectivity index (χ0) is 17.5. The average Bonchev–Trinajstić information content (AvgIpc) is 2.51. The Morgan fingerprint density at radius 1 is 1.04 bits per heavy atom. The highest BCUT2D eigenvalue weighted by molar-refractivity contribution is 5.97. The van der Waals surface area contributed by atoms with Crippen LogP contribution in [0.25, 0.3) is 6.08 Å². The van der Waals surface area contributed by atoms with Crippen molar-refractivity contribution in [3.8, 4) is 0 Å². The molecule has 0 fully saturated rings. The molecule has 0 aromatic heterocycles. The van der Waals surface area contributed by atoms with Gasteiger partial charge in [-0.05, 0) is 31.1 Å². The van der Waals surface area contributed by atoms with Crippen LogP contribution in [0.1, 0.15) is 29.2 Å². The summed E-state index contributed by atoms with van der Waals surface area (Å²) >= 11 is 0. The maximum atomic E-state index is 12.3. The lowest BCUT2D eigenvalue weighted by molar-refractivity contribution is -0.141. The SMILES string of the molecule is CC(=O)N/C(=C\c1ccccc1)C(=O)OCc1cc(C)cc(C)c1. The third-order valence-electron chi connectivity index (χ3n) is 3.29. The third-order valence-corrected chi connectivity index (χ3v) is 3.29. The molecule has 0 aliphatic heterocycles. The predicted molar refractivity (Wildman–Crippen MR) is 93.9 cm³/mol. The first-order valence-electron chi connectivity index (χ1n) is 7.72. The Morgan fingerprint density at radius 3 is 2.25 bits per heavy atom. The normalized spacial score (nSPS) is 11.0. The lowest BCUT2D eigenvalue weighted by Gasteiger charge is -2.10. The predicted octanol–water partition coefficient (Wildman–Crippen LogP) is 3.52. The van der Waals surface area contributed by atoms with Crippen molar-refractivity contribution >= 4 is 18.0 Å². The van der Waals surface area contributed by atoms with Crippen LogP contribution in [0.2, 0.25) is 0 Å². The minimum absolute atomic E-state index is 0.123. The summed E-state index contributed by atoms with van der Waals surface area (Å²) in [5.74, 6) is -0.881. The van der Waals surface area contributed by atoms with Crippen LogP contribution < -0.4 is 5.32 Å². The van der Waals surface area contributed by atoms with E-state index in [-0.39, 0.29) is 18.2 Å². The molecule has 2 aromatic rings. The number of nitrogens with one attached hydrogen (secondary N) is 1. The van der Waals surface area contributed by atoms with Gasteiger partial charge in [-0.2, -0.15) is 0 Å². The van der Waals surface area contributed by atoms with Crippen LogP contribution in [0, 0.1) is 13.8 Å². The monoisotopic (exact) mass is 323 g/mol. The molecule has 1 N–H and O–H groups in total. The Kier molecular flexibility index (Phi) is 5.90. The van der Waals surface area contributed by atoms with Crippen molar-refractivity contribution in [2.45, 2.75) is 27.4 Å². The maximum Gasteiger partial charge on any atom is 0.355 e. The number of benzene rings is 2. The van der Waals surface area contributed by atoms with Crippen LogP contribution in [-0.2, 0) is 20.9 Å². The molecule has 0 spiro atoms. The van der Waals surface area contributed by atoms with Crippen molar-refractivity contribution in [1.29, 1.82) is 0 Å². The fraction of sp³-hybridized carbons (Fsp3) is 0.200. The highest BCUT2D eigenvalue weighted by Gasteiger charge is 2.13. The molecule has 0 radical (unpaired) electrons. The second kappa shape index (κ2) is 8.11. The molecule has 0 saturated carbocycles. The van der Waals surface area contributed by atoms with E-state index in [4.69, 9.17) is 4.74 Å². The number of amides is 1. The van der Waals surface area contributed by atoms with E-state index in [0.717, 1.165) is 22.3 Å². The van der Waals surface area contributed by atoms with Crippen molar-refractivity contribution in [3.63, 3.8) is 0 Å². The summed E-state index contributed by atoms with van der Waals surface area (Å²) in [6.45, 7) is 5.51. The highest BCUT2D eigenvalue weighted by atomic mass is 16.5. The second-order valence-corrected chi connectivity index (χ2v) is 5.72. The van der Waals surface area contributed by atoms with E-state index >= 15 is 0 Å². The molecule has 0 unspecified atom stereocenters. The minimum Gasteiger partial charge on any atom is -0.456 e. The van der Waals surface area contributed by atoms with Gasteiger partial charge in [0.25, 0.3) is 0 Å². The summed E-state index contributed by atoms with van der Waals surface area (Å²) in [5.41, 5.74) is 4.08. The molecule has 24 heavy (non-hydrogen) atoms. The van der Waals surface area contributed by atoms with Crippen molar-refractivity contribution in [1.82, 2.24) is 5.32 Å². The quantitative estimate of drug-likeness (QED) is 0.676. The topological polar surface area (TPSA) is 55.4 Å². The zero-order valence-corrected chi connectivity index (χ0v) is 14.1. The van der Waals surface area contributed by atoms with E-state index in [9.17, 15) is 9.59 Å². The van der Waals surface area contributed by atoms with Gasteiger partial charge in [0.2, 0.25) is 5.91 Å². The van der Waals surface area contributed by atoms with Gasteiger partial charge in [0.05, 0.1) is 0 Å². The van der Waals surface area contributed by atoms with Crippen LogP contribution in [0.4, 0.5) is 0 Å². The number of rotatable bonds is 5. The molecule has 0 aliphatic carbocycles. The van der Waals surface area contributed by atoms with Gasteiger partial charge in [-0.25, -0.2) is 4.79 Å². The Labute approximate surface area is 142 Å². The molecular formula is C20H21NO3. The number of aryl methyl sites for hydroxylation is 2. The van der Waals surface area contributed by atoms with Crippen LogP contribution in [0.3, 0.4) is 0 Å². The number of hydrogen-bond donors (Lipinski definition) is 1. The van der Waals surface area contributed by atoms with E-state index in [1.165, 1.54) is 6.92 Å². The van der Waals surface area contributed by atoms with Crippen molar-refractivity contribution in [3.05, 3.63) is 76.5 Å². The minimum atomic E-state index is -0.562. The van der Waals surface area contributed by atoms with Crippen molar-refractivity contribution in [2.75, 3.05) is 0 Å². The van der Waals surface area contributed by atoms with Crippen LogP contribution >= 0.6 is 0 Å². The highest BCUT2D eigenvalue weighted by Crippen LogP contribution is 2.12. The van der Waals surface area contributed by atoms with Gasteiger partial charge < -0.3 is 10.1 Å². The van der Waals surface area contributed by atoms with Gasteiger partial charge in [-0.15, -0.1) is 0 Å². The largest absolute Gasteiger partial charge is 0.456 e. The summed E-state index contributed by atoms with van der Waals surface area (Å²) in [6, 6.07) is 15.3. The second-order valence-electron chi connectivity index (χ2n) is 5.72. The Hall–Kier alpha value is -2.88. The van der Waals surface area contributed by atoms with Gasteiger partial charge in [0.15, 0.2) is 0 Å². The molecule has 0 bridgehead atoms. The Balaban J connectivity index is 2.13. The molecular weight excluding hydrogens is 302 g/mol. The van der Waals surface area contributed by atoms with Crippen molar-refractivity contribution in [2.24, 2.45) is 0 Å². The van der Waals surface area contributed by atoms with Crippen LogP contribution in [0.15, 0.2) is 54.2 Å². The summed E-state index contributed by atoms with van der Waals surface area (Å²) in [4.78, 5) is 23.7. The molecule has 124 valence electrons. The van der Waals surface area contributed by atoms with E-state index in [1.807, 2.05) is 56.3 Å². The fourth-order valence-electron chi connectivity index (χ4n) is 2.43. The number of esters is 1. The van der Waals surface area contributed by atoms with Crippen LogP contribution in [0.5, 0.6) is 0 Å². The van der Waals surface area contributed by atoms with Gasteiger partial charge >= 0.3 is 5.97 Å². The summed E-state index contributed by atoms with van der Waals surface area (Å²) in [5, 5.41) is 2.53. The first kappa shape index (κ1) is 17.5. The molecule has 0 aliphatic rings. The Morgan fingerprint density at radius 2 is 1.67 bits per heavy atom. The molecule has 4 heteroatoms. The van der Waals surface area contributed by atoms with E-state index in [1.54, 1.807) is 6.08 Å². The maximum absolute atomic E-state index is 12.3. The fourth-order valence-corrected chi connectivity index (χ4v) is 2.43. The summed E-state index contributed by atoms with van der Waals surface area (Å²) in [7, 11) is 0. The number of hydrogen-bond acceptors (Lipinski definition) is 3. The van der Waals surface area contributed by atoms with E-state index < -0.39 is 5.97 Å².